The summed E-state index contributed by atoms with van der Waals surface area (Å²) in [5.74, 6) is 1.25. The second-order valence-corrected chi connectivity index (χ2v) is 2.24. The van der Waals surface area contributed by atoms with Gasteiger partial charge in [-0.15, -0.1) is 13.2 Å². The van der Waals surface area contributed by atoms with Crippen molar-refractivity contribution in [3.05, 3.63) is 5.75 Å². The summed E-state index contributed by atoms with van der Waals surface area (Å²) >= 11 is 0.961. The maximum Gasteiger partial charge on any atom is 0.574 e. The summed E-state index contributed by atoms with van der Waals surface area (Å²) in [5.41, 5.74) is 0. The first-order valence-corrected chi connectivity index (χ1v) is 3.22. The maximum atomic E-state index is 11.4. The molecule has 0 fully saturated rings. The van der Waals surface area contributed by atoms with Gasteiger partial charge in [-0.3, -0.25) is 0 Å². The molecule has 0 amide bonds. The molecule has 0 aliphatic carbocycles. The molecule has 6 heteroatoms. The van der Waals surface area contributed by atoms with Crippen molar-refractivity contribution in [2.24, 2.45) is 4.40 Å². The summed E-state index contributed by atoms with van der Waals surface area (Å²) in [4.78, 5) is 0. The molecule has 1 aliphatic rings. The van der Waals surface area contributed by atoms with E-state index in [-0.39, 0.29) is 12.3 Å². The quantitative estimate of drug-likeness (QED) is 0.519. The number of hydrogen-bond acceptors (Lipinski definition) is 3. The second kappa shape index (κ2) is 2.69. The second-order valence-electron chi connectivity index (χ2n) is 1.51. The van der Waals surface area contributed by atoms with E-state index in [1.165, 1.54) is 5.75 Å². The normalized spacial score (nSPS) is 18.9. The molecule has 57 valence electrons. The topological polar surface area (TPSA) is 21.6 Å². The molecule has 0 atom stereocenters. The Morgan fingerprint density at radius 2 is 2.30 bits per heavy atom. The zero-order chi connectivity index (χ0) is 7.61. The molecule has 0 saturated carbocycles. The fourth-order valence-electron chi connectivity index (χ4n) is 0.436. The SMILES string of the molecule is FC(F)(F)OC1=NS[CH]C1. The molecule has 1 rings (SSSR count). The monoisotopic (exact) mass is 170 g/mol. The minimum absolute atomic E-state index is 0.143. The van der Waals surface area contributed by atoms with Gasteiger partial charge in [0.1, 0.15) is 0 Å². The Labute approximate surface area is 59.6 Å². The summed E-state index contributed by atoms with van der Waals surface area (Å²) in [6.45, 7) is 0. The standard InChI is InChI=1S/C4H3F3NOS/c5-4(6,7)9-3-1-2-10-8-3/h2H,1H2. The van der Waals surface area contributed by atoms with Crippen molar-refractivity contribution in [1.29, 1.82) is 0 Å². The average molecular weight is 170 g/mol. The number of ether oxygens (including phenoxy) is 1. The third-order valence-electron chi connectivity index (χ3n) is 0.721. The summed E-state index contributed by atoms with van der Waals surface area (Å²) in [7, 11) is 0. The summed E-state index contributed by atoms with van der Waals surface area (Å²) in [6, 6.07) is 0. The van der Waals surface area contributed by atoms with Gasteiger partial charge in [0.25, 0.3) is 0 Å². The van der Waals surface area contributed by atoms with Gasteiger partial charge >= 0.3 is 6.36 Å². The van der Waals surface area contributed by atoms with E-state index in [0.717, 1.165) is 11.9 Å². The highest BCUT2D eigenvalue weighted by Crippen LogP contribution is 2.25. The average Bonchev–Trinajstić information content (AvgIpc) is 2.12. The Hall–Kier alpha value is -0.390. The molecular weight excluding hydrogens is 167 g/mol. The molecule has 0 aromatic heterocycles. The zero-order valence-corrected chi connectivity index (χ0v) is 5.50. The van der Waals surface area contributed by atoms with Crippen molar-refractivity contribution in [3.8, 4) is 0 Å². The number of alkyl halides is 3. The third-order valence-corrected chi connectivity index (χ3v) is 1.35. The summed E-state index contributed by atoms with van der Waals surface area (Å²) in [6.07, 6.45) is -4.46. The van der Waals surface area contributed by atoms with Gasteiger partial charge in [-0.2, -0.15) is 4.40 Å². The Morgan fingerprint density at radius 3 is 2.70 bits per heavy atom. The molecule has 1 aliphatic heterocycles. The predicted molar refractivity (Wildman–Crippen MR) is 31.1 cm³/mol. The van der Waals surface area contributed by atoms with E-state index in [9.17, 15) is 13.2 Å². The van der Waals surface area contributed by atoms with Crippen molar-refractivity contribution in [2.45, 2.75) is 12.8 Å². The number of halogens is 3. The molecule has 0 N–H and O–H groups in total. The molecule has 0 aromatic rings. The van der Waals surface area contributed by atoms with Crippen molar-refractivity contribution in [2.75, 3.05) is 0 Å². The Morgan fingerprint density at radius 1 is 1.60 bits per heavy atom. The van der Waals surface area contributed by atoms with Crippen LogP contribution in [0.5, 0.6) is 0 Å². The lowest BCUT2D eigenvalue weighted by atomic mass is 10.5. The van der Waals surface area contributed by atoms with Crippen molar-refractivity contribution < 1.29 is 17.9 Å². The molecule has 0 spiro atoms. The molecule has 0 aromatic carbocycles. The molecule has 0 bridgehead atoms. The van der Waals surface area contributed by atoms with Crippen LogP contribution in [0.2, 0.25) is 0 Å². The Bertz CT molecular complexity index is 155. The van der Waals surface area contributed by atoms with E-state index in [1.807, 2.05) is 0 Å². The van der Waals surface area contributed by atoms with Crippen molar-refractivity contribution in [3.63, 3.8) is 0 Å². The first-order chi connectivity index (χ1) is 4.58. The molecule has 0 saturated heterocycles. The molecule has 10 heavy (non-hydrogen) atoms. The molecule has 1 heterocycles. The van der Waals surface area contributed by atoms with Gasteiger partial charge in [0.2, 0.25) is 5.90 Å². The Kier molecular flexibility index (Phi) is 2.08. The van der Waals surface area contributed by atoms with Gasteiger partial charge in [0.05, 0.1) is 0 Å². The summed E-state index contributed by atoms with van der Waals surface area (Å²) in [5, 5.41) is 0. The lowest BCUT2D eigenvalue weighted by Crippen LogP contribution is -2.17. The van der Waals surface area contributed by atoms with E-state index in [4.69, 9.17) is 0 Å². The third kappa shape index (κ3) is 2.47. The van der Waals surface area contributed by atoms with E-state index in [0.29, 0.717) is 0 Å². The minimum Gasteiger partial charge on any atom is -0.391 e. The number of nitrogens with zero attached hydrogens (tertiary/aromatic N) is 1. The zero-order valence-electron chi connectivity index (χ0n) is 4.68. The van der Waals surface area contributed by atoms with Gasteiger partial charge < -0.3 is 4.74 Å². The van der Waals surface area contributed by atoms with E-state index >= 15 is 0 Å². The van der Waals surface area contributed by atoms with Crippen LogP contribution in [0, 0.1) is 5.75 Å². The van der Waals surface area contributed by atoms with Gasteiger partial charge in [0, 0.05) is 12.2 Å². The van der Waals surface area contributed by atoms with Gasteiger partial charge in [0.15, 0.2) is 0 Å². The molecule has 0 unspecified atom stereocenters. The minimum atomic E-state index is -4.60. The van der Waals surface area contributed by atoms with E-state index in [1.54, 1.807) is 0 Å². The molecule has 1 radical (unpaired) electrons. The van der Waals surface area contributed by atoms with Gasteiger partial charge in [-0.25, -0.2) is 0 Å². The first kappa shape index (κ1) is 7.71. The van der Waals surface area contributed by atoms with Crippen LogP contribution in [0.3, 0.4) is 0 Å². The highest BCUT2D eigenvalue weighted by atomic mass is 32.2. The number of hydrogen-bond donors (Lipinski definition) is 0. The van der Waals surface area contributed by atoms with Gasteiger partial charge in [-0.05, 0) is 11.9 Å². The number of rotatable bonds is 0. The highest BCUT2D eigenvalue weighted by Gasteiger charge is 2.33. The van der Waals surface area contributed by atoms with Crippen LogP contribution in [0.1, 0.15) is 6.42 Å². The highest BCUT2D eigenvalue weighted by molar-refractivity contribution is 8.00. The van der Waals surface area contributed by atoms with Crippen molar-refractivity contribution >= 4 is 17.8 Å². The lowest BCUT2D eigenvalue weighted by molar-refractivity contribution is -0.283. The van der Waals surface area contributed by atoms with Crippen LogP contribution in [-0.2, 0) is 4.74 Å². The van der Waals surface area contributed by atoms with E-state index in [2.05, 4.69) is 9.13 Å². The van der Waals surface area contributed by atoms with Crippen LogP contribution < -0.4 is 0 Å². The van der Waals surface area contributed by atoms with Crippen LogP contribution in [-0.4, -0.2) is 12.3 Å². The first-order valence-electron chi connectivity index (χ1n) is 2.38. The maximum absolute atomic E-state index is 11.4. The van der Waals surface area contributed by atoms with Crippen LogP contribution in [0.4, 0.5) is 13.2 Å². The lowest BCUT2D eigenvalue weighted by Gasteiger charge is -2.05. The largest absolute Gasteiger partial charge is 0.574 e. The van der Waals surface area contributed by atoms with Gasteiger partial charge in [-0.1, -0.05) is 0 Å². The molecular formula is C4H3F3NOS. The molecule has 2 nitrogen and oxygen atoms in total. The fraction of sp³-hybridized carbons (Fsp3) is 0.500. The van der Waals surface area contributed by atoms with Crippen LogP contribution in [0.25, 0.3) is 0 Å². The van der Waals surface area contributed by atoms with E-state index < -0.39 is 6.36 Å². The van der Waals surface area contributed by atoms with Crippen LogP contribution >= 0.6 is 11.9 Å². The fourth-order valence-corrected chi connectivity index (χ4v) is 0.957. The Balaban J connectivity index is 2.38. The van der Waals surface area contributed by atoms with Crippen molar-refractivity contribution in [1.82, 2.24) is 0 Å². The summed E-state index contributed by atoms with van der Waals surface area (Å²) < 4.78 is 41.0. The smallest absolute Gasteiger partial charge is 0.391 e. The predicted octanol–water partition coefficient (Wildman–Crippen LogP) is 2.13. The van der Waals surface area contributed by atoms with Crippen LogP contribution in [0.15, 0.2) is 4.40 Å².